The van der Waals surface area contributed by atoms with Gasteiger partial charge in [-0.1, -0.05) is 0 Å². The number of non-ortho nitro benzene ring substituents is 1. The summed E-state index contributed by atoms with van der Waals surface area (Å²) >= 11 is 0. The van der Waals surface area contributed by atoms with Gasteiger partial charge < -0.3 is 15.7 Å². The Labute approximate surface area is 113 Å². The van der Waals surface area contributed by atoms with Gasteiger partial charge in [-0.3, -0.25) is 15.1 Å². The van der Waals surface area contributed by atoms with Crippen molar-refractivity contribution >= 4 is 23.1 Å². The van der Waals surface area contributed by atoms with Gasteiger partial charge in [0.15, 0.2) is 0 Å². The molecule has 0 unspecified atom stereocenters. The maximum Gasteiger partial charge on any atom is 0.323 e. The van der Waals surface area contributed by atoms with Crippen LogP contribution in [0, 0.1) is 10.1 Å². The first-order valence-corrected chi connectivity index (χ1v) is 5.51. The maximum absolute atomic E-state index is 11.7. The number of anilines is 2. The molecule has 0 bridgehead atoms. The Hall–Kier alpha value is -3.16. The third-order valence-corrected chi connectivity index (χ3v) is 2.36. The number of phenolic OH excluding ortho intramolecular Hbond substituents is 1. The molecule has 8 heteroatoms. The number of benzene rings is 1. The highest BCUT2D eigenvalue weighted by molar-refractivity contribution is 6.00. The number of hydrogen-bond acceptors (Lipinski definition) is 5. The van der Waals surface area contributed by atoms with Crippen molar-refractivity contribution in [1.29, 1.82) is 0 Å². The highest BCUT2D eigenvalue weighted by Crippen LogP contribution is 2.27. The molecule has 1 aromatic heterocycles. The number of nitrogens with one attached hydrogen (secondary N) is 2. The summed E-state index contributed by atoms with van der Waals surface area (Å²) in [7, 11) is 0. The van der Waals surface area contributed by atoms with E-state index in [2.05, 4.69) is 15.6 Å². The lowest BCUT2D eigenvalue weighted by Gasteiger charge is -2.08. The van der Waals surface area contributed by atoms with E-state index in [1.807, 2.05) is 0 Å². The number of hydrogen-bond donors (Lipinski definition) is 3. The van der Waals surface area contributed by atoms with E-state index >= 15 is 0 Å². The number of urea groups is 1. The molecule has 2 rings (SSSR count). The van der Waals surface area contributed by atoms with Crippen LogP contribution in [0.15, 0.2) is 42.7 Å². The topological polar surface area (TPSA) is 117 Å². The molecule has 0 saturated heterocycles. The number of pyridine rings is 1. The number of nitro benzene ring substituents is 1. The number of carbonyl (C=O) groups is 1. The second-order valence-electron chi connectivity index (χ2n) is 3.78. The van der Waals surface area contributed by atoms with E-state index in [4.69, 9.17) is 0 Å². The summed E-state index contributed by atoms with van der Waals surface area (Å²) in [6.45, 7) is 0. The van der Waals surface area contributed by atoms with Crippen LogP contribution >= 0.6 is 0 Å². The van der Waals surface area contributed by atoms with Crippen molar-refractivity contribution in [1.82, 2.24) is 4.98 Å². The molecular formula is C12H10N4O4. The highest BCUT2D eigenvalue weighted by Gasteiger charge is 2.12. The number of nitrogens with zero attached hydrogens (tertiary/aromatic N) is 2. The standard InChI is InChI=1S/C12H10N4O4/c17-11-6-9(16(19)20)3-4-10(11)15-12(18)14-8-2-1-5-13-7-8/h1-7,17H,(H2,14,15,18). The number of carbonyl (C=O) groups excluding carboxylic acids is 1. The van der Waals surface area contributed by atoms with Gasteiger partial charge in [0.05, 0.1) is 28.6 Å². The molecule has 0 aliphatic rings. The molecule has 20 heavy (non-hydrogen) atoms. The van der Waals surface area contributed by atoms with E-state index in [1.54, 1.807) is 18.3 Å². The van der Waals surface area contributed by atoms with Crippen LogP contribution in [0.2, 0.25) is 0 Å². The molecule has 0 aliphatic carbocycles. The summed E-state index contributed by atoms with van der Waals surface area (Å²) < 4.78 is 0. The Morgan fingerprint density at radius 3 is 2.70 bits per heavy atom. The number of aromatic nitrogens is 1. The van der Waals surface area contributed by atoms with Crippen molar-refractivity contribution in [3.05, 3.63) is 52.8 Å². The van der Waals surface area contributed by atoms with Gasteiger partial charge in [-0.25, -0.2) is 4.79 Å². The van der Waals surface area contributed by atoms with E-state index in [-0.39, 0.29) is 17.1 Å². The number of aromatic hydroxyl groups is 1. The summed E-state index contributed by atoms with van der Waals surface area (Å²) in [6, 6.07) is 6.08. The minimum absolute atomic E-state index is 0.0667. The minimum Gasteiger partial charge on any atom is -0.506 e. The van der Waals surface area contributed by atoms with Gasteiger partial charge in [0.1, 0.15) is 5.75 Å². The van der Waals surface area contributed by atoms with E-state index in [0.29, 0.717) is 5.69 Å². The number of nitro groups is 1. The Balaban J connectivity index is 2.06. The first-order valence-electron chi connectivity index (χ1n) is 5.51. The smallest absolute Gasteiger partial charge is 0.323 e. The molecule has 2 amide bonds. The zero-order chi connectivity index (χ0) is 14.5. The first kappa shape index (κ1) is 13.3. The average Bonchev–Trinajstić information content (AvgIpc) is 2.42. The third kappa shape index (κ3) is 3.19. The SMILES string of the molecule is O=C(Nc1cccnc1)Nc1ccc([N+](=O)[O-])cc1O. The lowest BCUT2D eigenvalue weighted by Crippen LogP contribution is -2.19. The molecule has 0 saturated carbocycles. The molecule has 0 spiro atoms. The fraction of sp³-hybridized carbons (Fsp3) is 0. The number of phenols is 1. The van der Waals surface area contributed by atoms with Crippen molar-refractivity contribution in [2.75, 3.05) is 10.6 Å². The second-order valence-corrected chi connectivity index (χ2v) is 3.78. The summed E-state index contributed by atoms with van der Waals surface area (Å²) in [5, 5.41) is 25.0. The normalized spacial score (nSPS) is 9.80. The lowest BCUT2D eigenvalue weighted by molar-refractivity contribution is -0.384. The molecule has 102 valence electrons. The summed E-state index contributed by atoms with van der Waals surface area (Å²) in [4.78, 5) is 25.4. The maximum atomic E-state index is 11.7. The van der Waals surface area contributed by atoms with E-state index in [9.17, 15) is 20.0 Å². The second kappa shape index (κ2) is 5.65. The van der Waals surface area contributed by atoms with Gasteiger partial charge in [0.2, 0.25) is 0 Å². The van der Waals surface area contributed by atoms with Crippen LogP contribution in [-0.4, -0.2) is 21.0 Å². The molecule has 0 radical (unpaired) electrons. The van der Waals surface area contributed by atoms with Crippen molar-refractivity contribution in [3.63, 3.8) is 0 Å². The van der Waals surface area contributed by atoms with Gasteiger partial charge in [0.25, 0.3) is 5.69 Å². The molecule has 0 fully saturated rings. The molecule has 3 N–H and O–H groups in total. The van der Waals surface area contributed by atoms with Crippen molar-refractivity contribution < 1.29 is 14.8 Å². The van der Waals surface area contributed by atoms with Crippen LogP contribution < -0.4 is 10.6 Å². The highest BCUT2D eigenvalue weighted by atomic mass is 16.6. The minimum atomic E-state index is -0.640. The van der Waals surface area contributed by atoms with E-state index < -0.39 is 11.0 Å². The zero-order valence-corrected chi connectivity index (χ0v) is 10.1. The number of rotatable bonds is 3. The average molecular weight is 274 g/mol. The van der Waals surface area contributed by atoms with Gasteiger partial charge in [-0.15, -0.1) is 0 Å². The van der Waals surface area contributed by atoms with Crippen molar-refractivity contribution in [2.45, 2.75) is 0 Å². The van der Waals surface area contributed by atoms with Gasteiger partial charge in [-0.05, 0) is 18.2 Å². The molecule has 1 heterocycles. The Morgan fingerprint density at radius 1 is 1.30 bits per heavy atom. The fourth-order valence-corrected chi connectivity index (χ4v) is 1.46. The van der Waals surface area contributed by atoms with E-state index in [0.717, 1.165) is 6.07 Å². The van der Waals surface area contributed by atoms with Crippen LogP contribution in [0.1, 0.15) is 0 Å². The number of amides is 2. The predicted molar refractivity (Wildman–Crippen MR) is 71.6 cm³/mol. The summed E-state index contributed by atoms with van der Waals surface area (Å²) in [5.41, 5.74) is 0.282. The van der Waals surface area contributed by atoms with E-state index in [1.165, 1.54) is 18.3 Å². The van der Waals surface area contributed by atoms with Crippen molar-refractivity contribution in [3.8, 4) is 5.75 Å². The Morgan fingerprint density at radius 2 is 2.10 bits per heavy atom. The fourth-order valence-electron chi connectivity index (χ4n) is 1.46. The quantitative estimate of drug-likeness (QED) is 0.451. The Kier molecular flexibility index (Phi) is 3.75. The van der Waals surface area contributed by atoms with Crippen LogP contribution in [0.4, 0.5) is 21.9 Å². The van der Waals surface area contributed by atoms with Crippen LogP contribution in [-0.2, 0) is 0 Å². The molecule has 0 aliphatic heterocycles. The Bertz CT molecular complexity index is 645. The molecule has 2 aromatic rings. The van der Waals surface area contributed by atoms with Gasteiger partial charge >= 0.3 is 6.03 Å². The zero-order valence-electron chi connectivity index (χ0n) is 10.1. The van der Waals surface area contributed by atoms with Crippen LogP contribution in [0.25, 0.3) is 0 Å². The van der Waals surface area contributed by atoms with Gasteiger partial charge in [-0.2, -0.15) is 0 Å². The lowest BCUT2D eigenvalue weighted by atomic mass is 10.2. The monoisotopic (exact) mass is 274 g/mol. The molecule has 1 aromatic carbocycles. The van der Waals surface area contributed by atoms with Gasteiger partial charge in [0, 0.05) is 12.3 Å². The summed E-state index contributed by atoms with van der Waals surface area (Å²) in [5.74, 6) is -0.388. The van der Waals surface area contributed by atoms with Crippen molar-refractivity contribution in [2.24, 2.45) is 0 Å². The third-order valence-electron chi connectivity index (χ3n) is 2.36. The predicted octanol–water partition coefficient (Wildman–Crippen LogP) is 2.34. The molecular weight excluding hydrogens is 264 g/mol. The van der Waals surface area contributed by atoms with Crippen LogP contribution in [0.3, 0.4) is 0 Å². The molecule has 8 nitrogen and oxygen atoms in total. The summed E-state index contributed by atoms with van der Waals surface area (Å²) in [6.07, 6.45) is 3.01. The van der Waals surface area contributed by atoms with Crippen LogP contribution in [0.5, 0.6) is 5.75 Å². The largest absolute Gasteiger partial charge is 0.506 e. The first-order chi connectivity index (χ1) is 9.56. The molecule has 0 atom stereocenters.